The Morgan fingerprint density at radius 2 is 2.22 bits per heavy atom. The monoisotopic (exact) mass is 247 g/mol. The highest BCUT2D eigenvalue weighted by atomic mass is 16.2. The smallest absolute Gasteiger partial charge is 0.321 e. The van der Waals surface area contributed by atoms with Crippen molar-refractivity contribution in [3.05, 3.63) is 24.3 Å². The van der Waals surface area contributed by atoms with Crippen LogP contribution in [0.2, 0.25) is 0 Å². The number of nitrogens with one attached hydrogen (secondary N) is 2. The van der Waals surface area contributed by atoms with Gasteiger partial charge in [-0.15, -0.1) is 0 Å². The second-order valence-corrected chi connectivity index (χ2v) is 4.58. The minimum absolute atomic E-state index is 0.0296. The molecular formula is C13H17N3O2. The number of anilines is 2. The van der Waals surface area contributed by atoms with Gasteiger partial charge in [-0.3, -0.25) is 9.69 Å². The summed E-state index contributed by atoms with van der Waals surface area (Å²) in [7, 11) is 0. The fourth-order valence-electron chi connectivity index (χ4n) is 1.76. The summed E-state index contributed by atoms with van der Waals surface area (Å²) in [6.45, 7) is 4.99. The Balaban J connectivity index is 2.15. The normalized spacial score (nSPS) is 14.8. The van der Waals surface area contributed by atoms with Crippen LogP contribution in [-0.2, 0) is 4.79 Å². The minimum atomic E-state index is -0.0951. The van der Waals surface area contributed by atoms with Crippen molar-refractivity contribution >= 4 is 23.3 Å². The number of benzene rings is 1. The first-order chi connectivity index (χ1) is 8.58. The molecule has 0 unspecified atom stereocenters. The maximum Gasteiger partial charge on any atom is 0.321 e. The molecule has 0 radical (unpaired) electrons. The van der Waals surface area contributed by atoms with Gasteiger partial charge in [0.15, 0.2) is 0 Å². The van der Waals surface area contributed by atoms with Gasteiger partial charge in [0.25, 0.3) is 0 Å². The van der Waals surface area contributed by atoms with Crippen LogP contribution in [0, 0.1) is 5.92 Å². The van der Waals surface area contributed by atoms with Crippen LogP contribution >= 0.6 is 0 Å². The van der Waals surface area contributed by atoms with E-state index in [9.17, 15) is 9.59 Å². The van der Waals surface area contributed by atoms with Crippen molar-refractivity contribution < 1.29 is 9.59 Å². The van der Waals surface area contributed by atoms with Crippen LogP contribution in [0.4, 0.5) is 16.2 Å². The Kier molecular flexibility index (Phi) is 3.50. The van der Waals surface area contributed by atoms with Gasteiger partial charge in [-0.2, -0.15) is 0 Å². The van der Waals surface area contributed by atoms with Crippen molar-refractivity contribution in [2.75, 3.05) is 23.3 Å². The molecule has 18 heavy (non-hydrogen) atoms. The molecule has 1 aromatic carbocycles. The van der Waals surface area contributed by atoms with Crippen LogP contribution in [0.1, 0.15) is 13.8 Å². The van der Waals surface area contributed by atoms with Crippen molar-refractivity contribution in [2.24, 2.45) is 5.92 Å². The lowest BCUT2D eigenvalue weighted by Gasteiger charge is -2.16. The summed E-state index contributed by atoms with van der Waals surface area (Å²) in [6, 6.07) is 7.22. The molecular weight excluding hydrogens is 230 g/mol. The van der Waals surface area contributed by atoms with Crippen molar-refractivity contribution in [3.8, 4) is 0 Å². The van der Waals surface area contributed by atoms with Crippen LogP contribution < -0.4 is 15.5 Å². The van der Waals surface area contributed by atoms with E-state index in [-0.39, 0.29) is 17.9 Å². The van der Waals surface area contributed by atoms with Gasteiger partial charge in [0.2, 0.25) is 5.91 Å². The predicted molar refractivity (Wildman–Crippen MR) is 70.7 cm³/mol. The molecule has 2 N–H and O–H groups in total. The van der Waals surface area contributed by atoms with E-state index in [1.807, 2.05) is 38.1 Å². The van der Waals surface area contributed by atoms with Gasteiger partial charge in [-0.1, -0.05) is 19.9 Å². The zero-order chi connectivity index (χ0) is 13.1. The van der Waals surface area contributed by atoms with Crippen LogP contribution in [0.3, 0.4) is 0 Å². The molecule has 1 saturated heterocycles. The molecule has 1 heterocycles. The largest absolute Gasteiger partial charge is 0.336 e. The molecule has 0 bridgehead atoms. The van der Waals surface area contributed by atoms with Gasteiger partial charge in [0.1, 0.15) is 0 Å². The quantitative estimate of drug-likeness (QED) is 0.855. The maximum atomic E-state index is 11.6. The summed E-state index contributed by atoms with van der Waals surface area (Å²) in [6.07, 6.45) is 0. The lowest BCUT2D eigenvalue weighted by molar-refractivity contribution is -0.118. The number of hydrogen-bond acceptors (Lipinski definition) is 2. The first-order valence-electron chi connectivity index (χ1n) is 6.04. The fraction of sp³-hybridized carbons (Fsp3) is 0.385. The lowest BCUT2D eigenvalue weighted by Crippen LogP contribution is -2.27. The number of rotatable bonds is 3. The summed E-state index contributed by atoms with van der Waals surface area (Å²) < 4.78 is 0. The SMILES string of the molecule is CC(C)C(=O)Nc1cccc(N2CCNC2=O)c1. The number of urea groups is 1. The van der Waals surface area contributed by atoms with Gasteiger partial charge in [-0.25, -0.2) is 4.79 Å². The van der Waals surface area contributed by atoms with E-state index >= 15 is 0 Å². The fourth-order valence-corrected chi connectivity index (χ4v) is 1.76. The van der Waals surface area contributed by atoms with Crippen molar-refractivity contribution in [2.45, 2.75) is 13.8 Å². The minimum Gasteiger partial charge on any atom is -0.336 e. The van der Waals surface area contributed by atoms with Crippen molar-refractivity contribution in [3.63, 3.8) is 0 Å². The molecule has 5 heteroatoms. The van der Waals surface area contributed by atoms with Gasteiger partial charge >= 0.3 is 6.03 Å². The standard InChI is InChI=1S/C13H17N3O2/c1-9(2)12(17)15-10-4-3-5-11(8-10)16-7-6-14-13(16)18/h3-5,8-9H,6-7H2,1-2H3,(H,14,18)(H,15,17). The second-order valence-electron chi connectivity index (χ2n) is 4.58. The van der Waals surface area contributed by atoms with Crippen LogP contribution in [0.25, 0.3) is 0 Å². The summed E-state index contributed by atoms with van der Waals surface area (Å²) in [4.78, 5) is 24.8. The molecule has 0 spiro atoms. The van der Waals surface area contributed by atoms with Gasteiger partial charge in [0.05, 0.1) is 0 Å². The molecule has 1 aliphatic heterocycles. The number of amides is 3. The molecule has 0 aromatic heterocycles. The average Bonchev–Trinajstić information content (AvgIpc) is 2.75. The number of nitrogens with zero attached hydrogens (tertiary/aromatic N) is 1. The average molecular weight is 247 g/mol. The molecule has 0 saturated carbocycles. The Hall–Kier alpha value is -2.04. The topological polar surface area (TPSA) is 61.4 Å². The highest BCUT2D eigenvalue weighted by Gasteiger charge is 2.21. The summed E-state index contributed by atoms with van der Waals surface area (Å²) in [5.74, 6) is -0.0956. The number of hydrogen-bond donors (Lipinski definition) is 2. The highest BCUT2D eigenvalue weighted by molar-refractivity contribution is 5.96. The third-order valence-electron chi connectivity index (χ3n) is 2.81. The molecule has 96 valence electrons. The van der Waals surface area contributed by atoms with Crippen LogP contribution in [0.5, 0.6) is 0 Å². The zero-order valence-electron chi connectivity index (χ0n) is 10.6. The van der Waals surface area contributed by atoms with E-state index in [0.717, 1.165) is 5.69 Å². The summed E-state index contributed by atoms with van der Waals surface area (Å²) in [5.41, 5.74) is 1.51. The van der Waals surface area contributed by atoms with Gasteiger partial charge < -0.3 is 10.6 Å². The van der Waals surface area contributed by atoms with E-state index in [2.05, 4.69) is 10.6 Å². The van der Waals surface area contributed by atoms with E-state index < -0.39 is 0 Å². The van der Waals surface area contributed by atoms with E-state index in [4.69, 9.17) is 0 Å². The Bertz CT molecular complexity index is 471. The summed E-state index contributed by atoms with van der Waals surface area (Å²) >= 11 is 0. The van der Waals surface area contributed by atoms with E-state index in [0.29, 0.717) is 18.8 Å². The number of carbonyl (C=O) groups is 2. The number of carbonyl (C=O) groups excluding carboxylic acids is 2. The zero-order valence-corrected chi connectivity index (χ0v) is 10.6. The predicted octanol–water partition coefficient (Wildman–Crippen LogP) is 1.81. The molecule has 0 aliphatic carbocycles. The van der Waals surface area contributed by atoms with Gasteiger partial charge in [0, 0.05) is 30.4 Å². The second kappa shape index (κ2) is 5.08. The van der Waals surface area contributed by atoms with E-state index in [1.54, 1.807) is 4.90 Å². The van der Waals surface area contributed by atoms with Crippen molar-refractivity contribution in [1.29, 1.82) is 0 Å². The molecule has 5 nitrogen and oxygen atoms in total. The van der Waals surface area contributed by atoms with Gasteiger partial charge in [-0.05, 0) is 18.2 Å². The third kappa shape index (κ3) is 2.61. The molecule has 3 amide bonds. The molecule has 1 aliphatic rings. The first-order valence-corrected chi connectivity index (χ1v) is 6.04. The molecule has 1 fully saturated rings. The first kappa shape index (κ1) is 12.4. The Morgan fingerprint density at radius 3 is 2.83 bits per heavy atom. The highest BCUT2D eigenvalue weighted by Crippen LogP contribution is 2.21. The molecule has 2 rings (SSSR count). The molecule has 0 atom stereocenters. The maximum absolute atomic E-state index is 11.6. The van der Waals surface area contributed by atoms with Crippen LogP contribution in [0.15, 0.2) is 24.3 Å². The lowest BCUT2D eigenvalue weighted by atomic mass is 10.2. The molecule has 1 aromatic rings. The van der Waals surface area contributed by atoms with E-state index in [1.165, 1.54) is 0 Å². The Labute approximate surface area is 106 Å². The summed E-state index contributed by atoms with van der Waals surface area (Å²) in [5, 5.41) is 5.57. The van der Waals surface area contributed by atoms with Crippen LogP contribution in [-0.4, -0.2) is 25.0 Å². The van der Waals surface area contributed by atoms with Crippen molar-refractivity contribution in [1.82, 2.24) is 5.32 Å². The Morgan fingerprint density at radius 1 is 1.44 bits per heavy atom. The third-order valence-corrected chi connectivity index (χ3v) is 2.81.